The number of carbonyl (C=O) groups excluding carboxylic acids is 1. The highest BCUT2D eigenvalue weighted by molar-refractivity contribution is 5.97. The monoisotopic (exact) mass is 322 g/mol. The predicted octanol–water partition coefficient (Wildman–Crippen LogP) is 1.17. The number of benzene rings is 1. The summed E-state index contributed by atoms with van der Waals surface area (Å²) >= 11 is 0. The predicted molar refractivity (Wildman–Crippen MR) is 79.4 cm³/mol. The minimum Gasteiger partial charge on any atom is -0.480 e. The molecule has 2 heterocycles. The van der Waals surface area contributed by atoms with Crippen molar-refractivity contribution in [3.8, 4) is 0 Å². The second-order valence-corrected chi connectivity index (χ2v) is 6.07. The number of amides is 1. The summed E-state index contributed by atoms with van der Waals surface area (Å²) in [5.74, 6) is -2.42. The van der Waals surface area contributed by atoms with Crippen LogP contribution in [-0.4, -0.2) is 65.3 Å². The number of likely N-dealkylation sites (tertiary alicyclic amines) is 1. The van der Waals surface area contributed by atoms with Crippen LogP contribution in [0.1, 0.15) is 23.2 Å². The van der Waals surface area contributed by atoms with Crippen LogP contribution in [0, 0.1) is 5.82 Å². The van der Waals surface area contributed by atoms with Crippen molar-refractivity contribution in [1.29, 1.82) is 0 Å². The molecular weight excluding hydrogens is 303 g/mol. The van der Waals surface area contributed by atoms with E-state index in [0.29, 0.717) is 25.9 Å². The Morgan fingerprint density at radius 2 is 1.96 bits per heavy atom. The highest BCUT2D eigenvalue weighted by Gasteiger charge is 2.54. The van der Waals surface area contributed by atoms with Gasteiger partial charge >= 0.3 is 5.97 Å². The maximum Gasteiger partial charge on any atom is 0.328 e. The molecule has 0 saturated carbocycles. The number of halogens is 1. The number of carbonyl (C=O) groups is 2. The lowest BCUT2D eigenvalue weighted by Crippen LogP contribution is -2.57. The first-order chi connectivity index (χ1) is 10.9. The molecule has 0 aromatic heterocycles. The standard InChI is InChI=1S/C16H19FN2O4/c1-18-8-6-16(7-9-18)19(13(10-23-16)15(21)22)14(20)11-4-2-3-5-12(11)17/h2-5,13H,6-10H2,1H3,(H,21,22)/t13-/m1/s1. The SMILES string of the molecule is CN1CCC2(CC1)OC[C@H](C(=O)O)N2C(=O)c1ccccc1F. The summed E-state index contributed by atoms with van der Waals surface area (Å²) in [7, 11) is 1.96. The van der Waals surface area contributed by atoms with Crippen LogP contribution in [0.4, 0.5) is 4.39 Å². The zero-order valence-corrected chi connectivity index (χ0v) is 12.9. The van der Waals surface area contributed by atoms with E-state index in [4.69, 9.17) is 4.74 Å². The molecule has 0 unspecified atom stereocenters. The van der Waals surface area contributed by atoms with E-state index in [1.165, 1.54) is 23.1 Å². The molecule has 0 radical (unpaired) electrons. The van der Waals surface area contributed by atoms with Gasteiger partial charge in [-0.2, -0.15) is 0 Å². The Kier molecular flexibility index (Phi) is 4.08. The van der Waals surface area contributed by atoms with Gasteiger partial charge in [0.1, 0.15) is 11.5 Å². The summed E-state index contributed by atoms with van der Waals surface area (Å²) in [6.45, 7) is 1.31. The van der Waals surface area contributed by atoms with Gasteiger partial charge in [-0.1, -0.05) is 12.1 Å². The topological polar surface area (TPSA) is 70.1 Å². The van der Waals surface area contributed by atoms with Crippen LogP contribution in [0.3, 0.4) is 0 Å². The number of aliphatic carboxylic acids is 1. The molecule has 2 aliphatic heterocycles. The third-order valence-corrected chi connectivity index (χ3v) is 4.64. The van der Waals surface area contributed by atoms with E-state index >= 15 is 0 Å². The molecule has 6 nitrogen and oxygen atoms in total. The van der Waals surface area contributed by atoms with Gasteiger partial charge < -0.3 is 14.7 Å². The minimum atomic E-state index is -1.13. The van der Waals surface area contributed by atoms with Crippen molar-refractivity contribution >= 4 is 11.9 Å². The number of ether oxygens (including phenoxy) is 1. The smallest absolute Gasteiger partial charge is 0.328 e. The molecular formula is C16H19FN2O4. The number of hydrogen-bond donors (Lipinski definition) is 1. The number of hydrogen-bond acceptors (Lipinski definition) is 4. The van der Waals surface area contributed by atoms with Crippen LogP contribution in [0.15, 0.2) is 24.3 Å². The van der Waals surface area contributed by atoms with Crippen LogP contribution < -0.4 is 0 Å². The number of piperidine rings is 1. The van der Waals surface area contributed by atoms with Crippen molar-refractivity contribution < 1.29 is 23.8 Å². The lowest BCUT2D eigenvalue weighted by atomic mass is 9.97. The molecule has 1 spiro atoms. The largest absolute Gasteiger partial charge is 0.480 e. The fourth-order valence-electron chi connectivity index (χ4n) is 3.29. The van der Waals surface area contributed by atoms with Crippen LogP contribution in [0.5, 0.6) is 0 Å². The average Bonchev–Trinajstić information content (AvgIpc) is 2.90. The number of nitrogens with zero attached hydrogens (tertiary/aromatic N) is 2. The summed E-state index contributed by atoms with van der Waals surface area (Å²) in [6.07, 6.45) is 1.01. The van der Waals surface area contributed by atoms with E-state index in [-0.39, 0.29) is 12.2 Å². The van der Waals surface area contributed by atoms with Gasteiger partial charge in [0.2, 0.25) is 0 Å². The molecule has 2 saturated heterocycles. The summed E-state index contributed by atoms with van der Waals surface area (Å²) < 4.78 is 19.8. The summed E-state index contributed by atoms with van der Waals surface area (Å²) in [5.41, 5.74) is -1.09. The third-order valence-electron chi connectivity index (χ3n) is 4.64. The van der Waals surface area contributed by atoms with E-state index < -0.39 is 29.5 Å². The first-order valence-corrected chi connectivity index (χ1v) is 7.58. The molecule has 3 rings (SSSR count). The van der Waals surface area contributed by atoms with Crippen LogP contribution >= 0.6 is 0 Å². The molecule has 124 valence electrons. The first-order valence-electron chi connectivity index (χ1n) is 7.58. The van der Waals surface area contributed by atoms with Crippen LogP contribution in [-0.2, 0) is 9.53 Å². The maximum atomic E-state index is 14.0. The van der Waals surface area contributed by atoms with E-state index in [9.17, 15) is 19.1 Å². The first kappa shape index (κ1) is 15.9. The number of carboxylic acid groups (broad SMARTS) is 1. The second-order valence-electron chi connectivity index (χ2n) is 6.07. The zero-order chi connectivity index (χ0) is 16.6. The lowest BCUT2D eigenvalue weighted by molar-refractivity contribution is -0.143. The molecule has 7 heteroatoms. The molecule has 2 aliphatic rings. The molecule has 2 fully saturated rings. The molecule has 1 atom stereocenters. The van der Waals surface area contributed by atoms with Crippen molar-refractivity contribution in [2.45, 2.75) is 24.6 Å². The molecule has 0 aliphatic carbocycles. The van der Waals surface area contributed by atoms with Crippen molar-refractivity contribution in [2.24, 2.45) is 0 Å². The van der Waals surface area contributed by atoms with Gasteiger partial charge in [-0.3, -0.25) is 9.69 Å². The van der Waals surface area contributed by atoms with Gasteiger partial charge in [-0.05, 0) is 19.2 Å². The van der Waals surface area contributed by atoms with E-state index in [0.717, 1.165) is 0 Å². The van der Waals surface area contributed by atoms with Crippen LogP contribution in [0.25, 0.3) is 0 Å². The third kappa shape index (κ3) is 2.70. The molecule has 23 heavy (non-hydrogen) atoms. The number of carboxylic acids is 1. The molecule has 1 aromatic carbocycles. The fourth-order valence-corrected chi connectivity index (χ4v) is 3.29. The highest BCUT2D eigenvalue weighted by atomic mass is 19.1. The van der Waals surface area contributed by atoms with Crippen molar-refractivity contribution in [2.75, 3.05) is 26.7 Å². The average molecular weight is 322 g/mol. The Morgan fingerprint density at radius 1 is 1.30 bits per heavy atom. The Labute approximate surface area is 133 Å². The van der Waals surface area contributed by atoms with E-state index in [1.54, 1.807) is 6.07 Å². The molecule has 1 amide bonds. The van der Waals surface area contributed by atoms with Gasteiger partial charge in [0, 0.05) is 25.9 Å². The van der Waals surface area contributed by atoms with Gasteiger partial charge in [-0.15, -0.1) is 0 Å². The molecule has 1 aromatic rings. The Hall–Kier alpha value is -1.99. The Morgan fingerprint density at radius 3 is 2.57 bits per heavy atom. The summed E-state index contributed by atoms with van der Waals surface area (Å²) in [6, 6.07) is 4.53. The Balaban J connectivity index is 1.98. The maximum absolute atomic E-state index is 14.0. The van der Waals surface area contributed by atoms with Gasteiger partial charge in [0.15, 0.2) is 6.04 Å². The molecule has 0 bridgehead atoms. The van der Waals surface area contributed by atoms with E-state index in [2.05, 4.69) is 4.90 Å². The number of rotatable bonds is 2. The van der Waals surface area contributed by atoms with E-state index in [1.807, 2.05) is 7.05 Å². The van der Waals surface area contributed by atoms with Gasteiger partial charge in [0.05, 0.1) is 12.2 Å². The quantitative estimate of drug-likeness (QED) is 0.885. The van der Waals surface area contributed by atoms with Crippen molar-refractivity contribution in [1.82, 2.24) is 9.80 Å². The highest BCUT2D eigenvalue weighted by Crippen LogP contribution is 2.38. The van der Waals surface area contributed by atoms with Crippen LogP contribution in [0.2, 0.25) is 0 Å². The molecule has 1 N–H and O–H groups in total. The van der Waals surface area contributed by atoms with Gasteiger partial charge in [0.25, 0.3) is 5.91 Å². The lowest BCUT2D eigenvalue weighted by Gasteiger charge is -2.43. The summed E-state index contributed by atoms with van der Waals surface area (Å²) in [5, 5.41) is 9.44. The van der Waals surface area contributed by atoms with Crippen molar-refractivity contribution in [3.63, 3.8) is 0 Å². The fraction of sp³-hybridized carbons (Fsp3) is 0.500. The second kappa shape index (κ2) is 5.90. The zero-order valence-electron chi connectivity index (χ0n) is 12.9. The van der Waals surface area contributed by atoms with Crippen molar-refractivity contribution in [3.05, 3.63) is 35.6 Å². The minimum absolute atomic E-state index is 0.0702. The normalized spacial score (nSPS) is 24.1. The summed E-state index contributed by atoms with van der Waals surface area (Å²) in [4.78, 5) is 27.7. The van der Waals surface area contributed by atoms with Gasteiger partial charge in [-0.25, -0.2) is 9.18 Å². The Bertz CT molecular complexity index is 628.